The van der Waals surface area contributed by atoms with Gasteiger partial charge in [0.25, 0.3) is 0 Å². The summed E-state index contributed by atoms with van der Waals surface area (Å²) in [6.07, 6.45) is 0. The Kier molecular flexibility index (Phi) is 10.9. The molecule has 0 nitrogen and oxygen atoms in total. The number of rotatable bonds is 4. The van der Waals surface area contributed by atoms with Crippen LogP contribution in [0, 0.1) is 0 Å². The molecule has 4 heteroatoms. The summed E-state index contributed by atoms with van der Waals surface area (Å²) in [5.74, 6) is 0. The van der Waals surface area contributed by atoms with Crippen molar-refractivity contribution in [3.63, 3.8) is 0 Å². The van der Waals surface area contributed by atoms with E-state index in [1.54, 1.807) is 0 Å². The molecule has 4 aromatic carbocycles. The Morgan fingerprint density at radius 1 is 0.316 bits per heavy atom. The van der Waals surface area contributed by atoms with E-state index in [2.05, 4.69) is 133 Å². The normalized spacial score (nSPS) is 15.4. The van der Waals surface area contributed by atoms with Gasteiger partial charge in [-0.15, -0.1) is 0 Å². The van der Waals surface area contributed by atoms with E-state index in [0.717, 1.165) is 0 Å². The molecule has 0 saturated heterocycles. The molecular weight excluding hydrogens is 724 g/mol. The van der Waals surface area contributed by atoms with Gasteiger partial charge in [0.2, 0.25) is 0 Å². The van der Waals surface area contributed by atoms with Gasteiger partial charge in [-0.3, -0.25) is 0 Å². The third kappa shape index (κ3) is 8.01. The van der Waals surface area contributed by atoms with Crippen LogP contribution in [0.5, 0.6) is 0 Å². The summed E-state index contributed by atoms with van der Waals surface area (Å²) in [5, 5.41) is 4.90. The van der Waals surface area contributed by atoms with Crippen molar-refractivity contribution < 1.29 is 0 Å². The molecule has 1 aliphatic heterocycles. The summed E-state index contributed by atoms with van der Waals surface area (Å²) in [6.45, 7) is 0. The third-order valence-corrected chi connectivity index (χ3v) is 17.1. The topological polar surface area (TPSA) is 0 Å². The Hall–Kier alpha value is -2.00. The van der Waals surface area contributed by atoms with Gasteiger partial charge >= 0.3 is 254 Å². The fourth-order valence-corrected chi connectivity index (χ4v) is 14.6. The molecule has 0 spiro atoms. The molecule has 0 fully saturated rings. The molecular formula is C34H28Se4. The second-order valence-electron chi connectivity index (χ2n) is 8.42. The summed E-state index contributed by atoms with van der Waals surface area (Å²) in [5.41, 5.74) is 13.4. The Labute approximate surface area is 252 Å². The van der Waals surface area contributed by atoms with E-state index in [1.807, 2.05) is 0 Å². The number of hydrogen-bond acceptors (Lipinski definition) is 0. The molecule has 38 heavy (non-hydrogen) atoms. The van der Waals surface area contributed by atoms with Gasteiger partial charge in [-0.05, 0) is 0 Å². The van der Waals surface area contributed by atoms with E-state index >= 15 is 0 Å². The van der Waals surface area contributed by atoms with E-state index in [1.165, 1.54) is 61.4 Å². The predicted molar refractivity (Wildman–Crippen MR) is 169 cm³/mol. The van der Waals surface area contributed by atoms with Crippen LogP contribution < -0.4 is 0 Å². The zero-order valence-electron chi connectivity index (χ0n) is 21.0. The molecule has 0 amide bonds. The van der Waals surface area contributed by atoms with Crippen molar-refractivity contribution in [2.45, 2.75) is 21.3 Å². The van der Waals surface area contributed by atoms with Crippen LogP contribution in [0.1, 0.15) is 22.3 Å². The fraction of sp³-hybridized carbons (Fsp3) is 0.118. The van der Waals surface area contributed by atoms with Crippen molar-refractivity contribution in [1.29, 1.82) is 0 Å². The van der Waals surface area contributed by atoms with Gasteiger partial charge in [-0.1, -0.05) is 0 Å². The van der Waals surface area contributed by atoms with Crippen LogP contribution in [0.25, 0.3) is 17.9 Å². The summed E-state index contributed by atoms with van der Waals surface area (Å²) < 4.78 is 5.68. The molecule has 0 unspecified atom stereocenters. The zero-order chi connectivity index (χ0) is 25.8. The van der Waals surface area contributed by atoms with E-state index in [-0.39, 0.29) is 0 Å². The van der Waals surface area contributed by atoms with E-state index in [0.29, 0.717) is 59.8 Å². The Morgan fingerprint density at radius 3 is 0.737 bits per heavy atom. The van der Waals surface area contributed by atoms with Crippen LogP contribution in [-0.2, 0) is 0 Å². The minimum atomic E-state index is 0.376. The Balaban J connectivity index is 1.53. The molecule has 0 radical (unpaired) electrons. The molecule has 0 saturated carbocycles. The van der Waals surface area contributed by atoms with E-state index < -0.39 is 0 Å². The Bertz CT molecular complexity index is 1220. The molecule has 0 bridgehead atoms. The summed E-state index contributed by atoms with van der Waals surface area (Å²) >= 11 is 1.50. The van der Waals surface area contributed by atoms with Crippen molar-refractivity contribution in [2.75, 3.05) is 0 Å². The van der Waals surface area contributed by atoms with Crippen molar-refractivity contribution >= 4 is 77.7 Å². The molecule has 188 valence electrons. The van der Waals surface area contributed by atoms with Gasteiger partial charge in [0.15, 0.2) is 0 Å². The molecule has 0 aliphatic carbocycles. The number of benzene rings is 4. The molecule has 0 aromatic heterocycles. The number of hydrogen-bond donors (Lipinski definition) is 0. The van der Waals surface area contributed by atoms with Gasteiger partial charge in [0.05, 0.1) is 0 Å². The second-order valence-corrected chi connectivity index (χ2v) is 17.7. The van der Waals surface area contributed by atoms with Gasteiger partial charge in [-0.2, -0.15) is 0 Å². The molecule has 1 aliphatic rings. The first-order chi connectivity index (χ1) is 18.9. The van der Waals surface area contributed by atoms with Crippen LogP contribution in [0.4, 0.5) is 0 Å². The first-order valence-corrected chi connectivity index (χ1v) is 20.9. The minimum absolute atomic E-state index is 0.376. The SMILES string of the molecule is C1=C(c2ccccc2)[Se]CC[Se]C(c2ccccc2)=C=C(c2ccccc2)[Se]CC[Se]C=1c1ccccc1. The van der Waals surface area contributed by atoms with Crippen molar-refractivity contribution in [3.05, 3.63) is 155 Å². The van der Waals surface area contributed by atoms with Gasteiger partial charge in [0.1, 0.15) is 0 Å². The standard InChI is InChI=1S/C34H28Se4/c1-5-13-27(14-6-1)31-25-32(28-15-7-2-8-16-28)36-23-24-38-34(30-19-11-4-12-20-30)26-33(37-22-21-35-31)29-17-9-3-10-18-29/h1-20H,21-24H2. The summed E-state index contributed by atoms with van der Waals surface area (Å²) in [4.78, 5) is 0. The fourth-order valence-electron chi connectivity index (χ4n) is 3.91. The summed E-state index contributed by atoms with van der Waals surface area (Å²) in [6, 6.07) is 43.9. The third-order valence-electron chi connectivity index (χ3n) is 5.75. The molecule has 4 aromatic rings. The van der Waals surface area contributed by atoms with Crippen LogP contribution in [-0.4, -0.2) is 59.8 Å². The van der Waals surface area contributed by atoms with Gasteiger partial charge < -0.3 is 0 Å². The van der Waals surface area contributed by atoms with Crippen LogP contribution in [0.15, 0.2) is 133 Å². The van der Waals surface area contributed by atoms with Crippen LogP contribution in [0.2, 0.25) is 21.3 Å². The van der Waals surface area contributed by atoms with Crippen molar-refractivity contribution in [1.82, 2.24) is 0 Å². The molecule has 0 N–H and O–H groups in total. The first kappa shape index (κ1) is 27.6. The van der Waals surface area contributed by atoms with Crippen molar-refractivity contribution in [3.8, 4) is 0 Å². The summed E-state index contributed by atoms with van der Waals surface area (Å²) in [7, 11) is 0. The molecule has 5 rings (SSSR count). The van der Waals surface area contributed by atoms with Gasteiger partial charge in [0, 0.05) is 0 Å². The average Bonchev–Trinajstić information content (AvgIpc) is 2.99. The van der Waals surface area contributed by atoms with E-state index in [4.69, 9.17) is 0 Å². The quantitative estimate of drug-likeness (QED) is 0.147. The molecule has 0 atom stereocenters. The average molecular weight is 752 g/mol. The molecule has 1 heterocycles. The first-order valence-electron chi connectivity index (χ1n) is 12.6. The predicted octanol–water partition coefficient (Wildman–Crippen LogP) is 7.85. The second kappa shape index (κ2) is 15.0. The maximum atomic E-state index is 4.00. The maximum absolute atomic E-state index is 4.00. The zero-order valence-corrected chi connectivity index (χ0v) is 27.9. The van der Waals surface area contributed by atoms with Crippen LogP contribution >= 0.6 is 0 Å². The van der Waals surface area contributed by atoms with Crippen molar-refractivity contribution in [2.24, 2.45) is 0 Å². The monoisotopic (exact) mass is 756 g/mol. The van der Waals surface area contributed by atoms with Crippen LogP contribution in [0.3, 0.4) is 0 Å². The Morgan fingerprint density at radius 2 is 0.526 bits per heavy atom. The van der Waals surface area contributed by atoms with Gasteiger partial charge in [-0.25, -0.2) is 0 Å². The van der Waals surface area contributed by atoms with E-state index in [9.17, 15) is 0 Å².